The van der Waals surface area contributed by atoms with E-state index in [2.05, 4.69) is 5.32 Å². The Bertz CT molecular complexity index is 757. The van der Waals surface area contributed by atoms with Crippen molar-refractivity contribution in [2.24, 2.45) is 0 Å². The molecule has 2 rings (SSSR count). The predicted octanol–water partition coefficient (Wildman–Crippen LogP) is 2.62. The van der Waals surface area contributed by atoms with E-state index < -0.39 is 11.7 Å². The summed E-state index contributed by atoms with van der Waals surface area (Å²) < 4.78 is 39.4. The molecule has 1 N–H and O–H groups in total. The number of anilines is 2. The fraction of sp³-hybridized carbons (Fsp3) is 0.250. The van der Waals surface area contributed by atoms with E-state index in [1.807, 2.05) is 0 Å². The van der Waals surface area contributed by atoms with Crippen LogP contribution in [0.2, 0.25) is 0 Å². The quantitative estimate of drug-likeness (QED) is 0.643. The third-order valence-corrected chi connectivity index (χ3v) is 3.74. The molecule has 2 aromatic rings. The molecule has 0 bridgehead atoms. The first-order valence-corrected chi connectivity index (χ1v) is 7.52. The Morgan fingerprint density at radius 3 is 2.44 bits per heavy atom. The van der Waals surface area contributed by atoms with Gasteiger partial charge in [0.15, 0.2) is 12.1 Å². The van der Waals surface area contributed by atoms with Crippen molar-refractivity contribution in [2.45, 2.75) is 12.7 Å². The number of carbonyl (C=O) groups excluding carboxylic acids is 2. The summed E-state index contributed by atoms with van der Waals surface area (Å²) in [4.78, 5) is 24.1. The number of nitrogens with zero attached hydrogens (tertiary/aromatic N) is 2. The maximum atomic E-state index is 12.6. The van der Waals surface area contributed by atoms with Crippen LogP contribution in [0.4, 0.5) is 29.3 Å². The lowest BCUT2D eigenvalue weighted by molar-refractivity contribution is -0.137. The van der Waals surface area contributed by atoms with Gasteiger partial charge in [0, 0.05) is 32.0 Å². The van der Waals surface area contributed by atoms with E-state index >= 15 is 0 Å². The van der Waals surface area contributed by atoms with Crippen LogP contribution in [-0.2, 0) is 12.7 Å². The van der Waals surface area contributed by atoms with Gasteiger partial charge >= 0.3 is 6.18 Å². The Morgan fingerprint density at radius 2 is 1.92 bits per heavy atom. The fourth-order valence-corrected chi connectivity index (χ4v) is 2.40. The molecule has 0 spiro atoms. The van der Waals surface area contributed by atoms with Gasteiger partial charge in [-0.1, -0.05) is 0 Å². The van der Waals surface area contributed by atoms with Crippen LogP contribution >= 0.6 is 0 Å². The molecule has 0 saturated carbocycles. The number of amides is 1. The van der Waals surface area contributed by atoms with Gasteiger partial charge in [-0.15, -0.1) is 0 Å². The number of carbonyl (C=O) groups is 2. The first-order valence-electron chi connectivity index (χ1n) is 7.52. The first-order chi connectivity index (χ1) is 11.7. The van der Waals surface area contributed by atoms with Crippen LogP contribution in [0, 0.1) is 0 Å². The number of aromatic nitrogens is 1. The number of rotatable bonds is 6. The van der Waals surface area contributed by atoms with E-state index in [9.17, 15) is 22.8 Å². The number of hydrogen-bond donors (Lipinski definition) is 1. The number of benzene rings is 1. The molecule has 0 unspecified atom stereocenters. The van der Waals surface area contributed by atoms with Crippen LogP contribution in [0.5, 0.6) is 0 Å². The Morgan fingerprint density at radius 1 is 1.28 bits per heavy atom. The summed E-state index contributed by atoms with van der Waals surface area (Å²) in [7, 11) is 3.10. The van der Waals surface area contributed by atoms with Gasteiger partial charge < -0.3 is 14.8 Å². The second-order valence-electron chi connectivity index (χ2n) is 5.57. The Hall–Kier alpha value is -2.71. The van der Waals surface area contributed by atoms with Gasteiger partial charge in [0.25, 0.3) is 0 Å². The van der Waals surface area contributed by atoms with Crippen LogP contribution in [0.1, 0.15) is 16.1 Å². The molecule has 0 fully saturated rings. The smallest absolute Gasteiger partial charge is 0.373 e. The topological polar surface area (TPSA) is 54.3 Å². The monoisotopic (exact) mass is 351 g/mol. The summed E-state index contributed by atoms with van der Waals surface area (Å²) in [6.45, 7) is 0.908. The van der Waals surface area contributed by atoms with E-state index in [0.29, 0.717) is 36.4 Å². The van der Waals surface area contributed by atoms with Crippen LogP contribution in [-0.4, -0.2) is 38.1 Å². The van der Waals surface area contributed by atoms with Crippen molar-refractivity contribution in [1.29, 1.82) is 0 Å². The summed E-state index contributed by atoms with van der Waals surface area (Å²) in [5.74, 6) is -0.275. The van der Waals surface area contributed by atoms with E-state index in [1.165, 1.54) is 20.0 Å². The molecule has 0 aliphatic heterocycles. The summed E-state index contributed by atoms with van der Waals surface area (Å²) in [5.41, 5.74) is 0.712. The molecule has 0 atom stereocenters. The molecule has 132 valence electrons. The Balaban J connectivity index is 2.05. The first kappa shape index (κ1) is 18.6. The van der Waals surface area contributed by atoms with Crippen molar-refractivity contribution in [3.63, 3.8) is 0 Å². The van der Waals surface area contributed by atoms with Gasteiger partial charge in [-0.25, -0.2) is 0 Å². The predicted molar refractivity (Wildman–Crippen MR) is 92.1 cm³/mol. The molecule has 0 aliphatic rings. The zero-order valence-corrected chi connectivity index (χ0v) is 13.8. The van der Waals surface area contributed by atoms with Crippen LogP contribution < -0.4 is 10.2 Å². The van der Waals surface area contributed by atoms with Gasteiger partial charge in [0.1, 0.15) is 5.69 Å². The molecule has 9 heteroatoms. The van der Waals surface area contributed by atoms with Crippen molar-refractivity contribution in [3.8, 4) is 0 Å². The highest BCUT2D eigenvalue weighted by Crippen LogP contribution is 2.30. The summed E-state index contributed by atoms with van der Waals surface area (Å²) in [6, 6.07) is 6.51. The van der Waals surface area contributed by atoms with Gasteiger partial charge in [-0.3, -0.25) is 9.59 Å². The van der Waals surface area contributed by atoms with Gasteiger partial charge in [0.05, 0.1) is 11.3 Å². The third-order valence-electron chi connectivity index (χ3n) is 3.74. The lowest BCUT2D eigenvalue weighted by atomic mass is 10.1. The van der Waals surface area contributed by atoms with Gasteiger partial charge in [-0.05, 0) is 30.3 Å². The van der Waals surface area contributed by atoms with Crippen LogP contribution in [0.25, 0.3) is 0 Å². The minimum atomic E-state index is -4.36. The van der Waals surface area contributed by atoms with E-state index in [-0.39, 0.29) is 5.81 Å². The highest BCUT2D eigenvalue weighted by Gasteiger charge is 2.30. The van der Waals surface area contributed by atoms with Crippen LogP contribution in [0.15, 0.2) is 36.5 Å². The number of alkyl halides is 3. The fourth-order valence-electron chi connectivity index (χ4n) is 2.40. The number of likely N-dealkylation sites (N-methyl/N-ethyl adjacent to an activating group) is 1. The molecular formula is C16H17BF3N3O2. The zero-order chi connectivity index (χ0) is 18.6. The Kier molecular flexibility index (Phi) is 5.56. The lowest BCUT2D eigenvalue weighted by Crippen LogP contribution is -2.23. The molecular weight excluding hydrogens is 334 g/mol. The zero-order valence-electron chi connectivity index (χ0n) is 13.8. The molecule has 1 amide bonds. The second-order valence-corrected chi connectivity index (χ2v) is 5.57. The van der Waals surface area contributed by atoms with Crippen molar-refractivity contribution in [2.75, 3.05) is 23.8 Å². The SMILES string of the molecule is BC(=O)Nc1ccn(CCN(C)c2ccc(C(F)(F)F)cc2)c1C=O. The second kappa shape index (κ2) is 7.46. The standard InChI is InChI=1S/C16H17BF3N3O2/c1-22(12-4-2-11(3-5-12)16(18,19)20)8-9-23-7-6-13(14(23)10-24)21-15(17)25/h2-7,10H,8-9,17H2,1H3,(H,21,25). The normalized spacial score (nSPS) is 11.2. The number of hydrogen-bond acceptors (Lipinski definition) is 3. The Labute approximate surface area is 143 Å². The van der Waals surface area contributed by atoms with Crippen molar-refractivity contribution >= 4 is 31.3 Å². The maximum absolute atomic E-state index is 12.6. The minimum Gasteiger partial charge on any atom is -0.373 e. The molecule has 0 saturated heterocycles. The maximum Gasteiger partial charge on any atom is 0.416 e. The number of aldehydes is 1. The summed E-state index contributed by atoms with van der Waals surface area (Å²) in [6.07, 6.45) is -2.03. The summed E-state index contributed by atoms with van der Waals surface area (Å²) in [5, 5.41) is 2.57. The molecule has 0 radical (unpaired) electrons. The molecule has 5 nitrogen and oxygen atoms in total. The highest BCUT2D eigenvalue weighted by atomic mass is 19.4. The lowest BCUT2D eigenvalue weighted by Gasteiger charge is -2.20. The molecule has 0 aliphatic carbocycles. The molecule has 1 aromatic carbocycles. The third kappa shape index (κ3) is 4.65. The van der Waals surface area contributed by atoms with Crippen molar-refractivity contribution in [3.05, 3.63) is 47.8 Å². The van der Waals surface area contributed by atoms with Crippen molar-refractivity contribution in [1.82, 2.24) is 4.57 Å². The average molecular weight is 351 g/mol. The highest BCUT2D eigenvalue weighted by molar-refractivity contribution is 6.60. The molecule has 1 aromatic heterocycles. The van der Waals surface area contributed by atoms with Crippen LogP contribution in [0.3, 0.4) is 0 Å². The van der Waals surface area contributed by atoms with E-state index in [1.54, 1.807) is 28.8 Å². The number of halogens is 3. The van der Waals surface area contributed by atoms with Gasteiger partial charge in [-0.2, -0.15) is 13.2 Å². The summed E-state index contributed by atoms with van der Waals surface area (Å²) >= 11 is 0. The average Bonchev–Trinajstić information content (AvgIpc) is 2.92. The molecule has 1 heterocycles. The largest absolute Gasteiger partial charge is 0.416 e. The molecule has 25 heavy (non-hydrogen) atoms. The number of nitrogens with one attached hydrogen (secondary N) is 1. The van der Waals surface area contributed by atoms with E-state index in [4.69, 9.17) is 0 Å². The van der Waals surface area contributed by atoms with Gasteiger partial charge in [0.2, 0.25) is 7.85 Å². The van der Waals surface area contributed by atoms with E-state index in [0.717, 1.165) is 12.1 Å². The van der Waals surface area contributed by atoms with Crippen molar-refractivity contribution < 1.29 is 22.8 Å². The minimum absolute atomic E-state index is 0.275.